The summed E-state index contributed by atoms with van der Waals surface area (Å²) < 4.78 is 6.76. The maximum absolute atomic E-state index is 12.8. The maximum atomic E-state index is 12.8. The molecule has 0 fully saturated rings. The second-order valence-corrected chi connectivity index (χ2v) is 7.51. The number of aryl methyl sites for hydroxylation is 2. The number of rotatable bonds is 8. The second-order valence-electron chi connectivity index (χ2n) is 7.51. The zero-order chi connectivity index (χ0) is 23.1. The molecule has 1 aromatic heterocycles. The van der Waals surface area contributed by atoms with Gasteiger partial charge in [0.15, 0.2) is 0 Å². The molecular weight excluding hydrogens is 404 g/mol. The Bertz CT molecular complexity index is 1220. The van der Waals surface area contributed by atoms with E-state index in [0.717, 1.165) is 22.0 Å². The SMILES string of the molecule is COCCNC(=O)Cn1cc(/C=C(\C#N)C(=O)Nc2cc(C)ccc2C)c2ccccc21. The highest BCUT2D eigenvalue weighted by molar-refractivity contribution is 6.11. The van der Waals surface area contributed by atoms with Crippen LogP contribution in [0, 0.1) is 25.2 Å². The van der Waals surface area contributed by atoms with Crippen LogP contribution >= 0.6 is 0 Å². The van der Waals surface area contributed by atoms with Crippen molar-refractivity contribution in [2.45, 2.75) is 20.4 Å². The number of fused-ring (bicyclic) bond motifs is 1. The van der Waals surface area contributed by atoms with E-state index in [4.69, 9.17) is 4.74 Å². The third-order valence-corrected chi connectivity index (χ3v) is 5.07. The lowest BCUT2D eigenvalue weighted by atomic mass is 10.1. The number of benzene rings is 2. The quantitative estimate of drug-likeness (QED) is 0.324. The van der Waals surface area contributed by atoms with E-state index in [-0.39, 0.29) is 18.0 Å². The van der Waals surface area contributed by atoms with E-state index in [9.17, 15) is 14.9 Å². The summed E-state index contributed by atoms with van der Waals surface area (Å²) in [6.45, 7) is 4.83. The number of carbonyl (C=O) groups is 2. The Morgan fingerprint density at radius 2 is 1.97 bits per heavy atom. The molecule has 7 nitrogen and oxygen atoms in total. The summed E-state index contributed by atoms with van der Waals surface area (Å²) in [7, 11) is 1.58. The summed E-state index contributed by atoms with van der Waals surface area (Å²) in [6.07, 6.45) is 3.34. The molecule has 0 spiro atoms. The van der Waals surface area contributed by atoms with Gasteiger partial charge in [-0.15, -0.1) is 0 Å². The van der Waals surface area contributed by atoms with E-state index in [1.54, 1.807) is 23.9 Å². The first-order valence-corrected chi connectivity index (χ1v) is 10.3. The Balaban J connectivity index is 1.88. The van der Waals surface area contributed by atoms with Gasteiger partial charge in [-0.25, -0.2) is 0 Å². The number of anilines is 1. The van der Waals surface area contributed by atoms with E-state index < -0.39 is 5.91 Å². The summed E-state index contributed by atoms with van der Waals surface area (Å²) in [5.74, 6) is -0.623. The summed E-state index contributed by atoms with van der Waals surface area (Å²) in [5, 5.41) is 16.1. The first-order chi connectivity index (χ1) is 15.4. The highest BCUT2D eigenvalue weighted by Gasteiger charge is 2.14. The zero-order valence-corrected chi connectivity index (χ0v) is 18.4. The lowest BCUT2D eigenvalue weighted by Crippen LogP contribution is -2.30. The van der Waals surface area contributed by atoms with Crippen molar-refractivity contribution < 1.29 is 14.3 Å². The largest absolute Gasteiger partial charge is 0.383 e. The van der Waals surface area contributed by atoms with Gasteiger partial charge in [0.25, 0.3) is 5.91 Å². The summed E-state index contributed by atoms with van der Waals surface area (Å²) in [4.78, 5) is 25.1. The van der Waals surface area contributed by atoms with Crippen molar-refractivity contribution >= 4 is 34.5 Å². The molecule has 164 valence electrons. The van der Waals surface area contributed by atoms with Crippen molar-refractivity contribution in [1.29, 1.82) is 5.26 Å². The molecule has 3 rings (SSSR count). The molecule has 0 radical (unpaired) electrons. The van der Waals surface area contributed by atoms with Crippen LogP contribution in [0.15, 0.2) is 54.2 Å². The van der Waals surface area contributed by atoms with Gasteiger partial charge in [0.2, 0.25) is 5.91 Å². The summed E-state index contributed by atoms with van der Waals surface area (Å²) >= 11 is 0. The molecule has 0 saturated heterocycles. The van der Waals surface area contributed by atoms with Gasteiger partial charge in [-0.3, -0.25) is 9.59 Å². The molecule has 0 aliphatic rings. The fraction of sp³-hybridized carbons (Fsp3) is 0.240. The average Bonchev–Trinajstić information content (AvgIpc) is 3.12. The molecule has 0 atom stereocenters. The number of para-hydroxylation sites is 1. The Kier molecular flexibility index (Phi) is 7.42. The smallest absolute Gasteiger partial charge is 0.266 e. The van der Waals surface area contributed by atoms with Crippen molar-refractivity contribution in [2.24, 2.45) is 0 Å². The van der Waals surface area contributed by atoms with Crippen LogP contribution in [0.4, 0.5) is 5.69 Å². The van der Waals surface area contributed by atoms with Crippen LogP contribution < -0.4 is 10.6 Å². The van der Waals surface area contributed by atoms with Crippen LogP contribution in [-0.4, -0.2) is 36.6 Å². The number of nitrogens with one attached hydrogen (secondary N) is 2. The minimum atomic E-state index is -0.477. The van der Waals surface area contributed by atoms with E-state index in [2.05, 4.69) is 10.6 Å². The van der Waals surface area contributed by atoms with Crippen molar-refractivity contribution in [3.63, 3.8) is 0 Å². The van der Waals surface area contributed by atoms with Crippen LogP contribution in [0.5, 0.6) is 0 Å². The van der Waals surface area contributed by atoms with E-state index in [0.29, 0.717) is 24.4 Å². The number of methoxy groups -OCH3 is 1. The van der Waals surface area contributed by atoms with Crippen molar-refractivity contribution in [2.75, 3.05) is 25.6 Å². The molecule has 0 saturated carbocycles. The summed E-state index contributed by atoms with van der Waals surface area (Å²) in [6, 6.07) is 15.3. The van der Waals surface area contributed by atoms with E-state index in [1.807, 2.05) is 62.4 Å². The normalized spacial score (nSPS) is 11.2. The van der Waals surface area contributed by atoms with Gasteiger partial charge in [0, 0.05) is 42.0 Å². The standard InChI is InChI=1S/C25H26N4O3/c1-17-8-9-18(2)22(12-17)28-25(31)19(14-26)13-20-15-29(16-24(30)27-10-11-32-3)23-7-5-4-6-21(20)23/h4-9,12-13,15H,10-11,16H2,1-3H3,(H,27,30)(H,28,31)/b19-13+. The molecule has 1 heterocycles. The molecule has 32 heavy (non-hydrogen) atoms. The molecule has 2 aromatic carbocycles. The predicted molar refractivity (Wildman–Crippen MR) is 125 cm³/mol. The minimum Gasteiger partial charge on any atom is -0.383 e. The fourth-order valence-corrected chi connectivity index (χ4v) is 3.39. The Morgan fingerprint density at radius 1 is 1.19 bits per heavy atom. The number of nitrogens with zero attached hydrogens (tertiary/aromatic N) is 2. The van der Waals surface area contributed by atoms with Gasteiger partial charge in [-0.05, 0) is 43.2 Å². The molecule has 3 aromatic rings. The molecular formula is C25H26N4O3. The Morgan fingerprint density at radius 3 is 2.72 bits per heavy atom. The Labute approximate surface area is 187 Å². The number of ether oxygens (including phenoxy) is 1. The lowest BCUT2D eigenvalue weighted by Gasteiger charge is -2.08. The third kappa shape index (κ3) is 5.42. The highest BCUT2D eigenvalue weighted by atomic mass is 16.5. The van der Waals surface area contributed by atoms with Crippen molar-refractivity contribution in [1.82, 2.24) is 9.88 Å². The van der Waals surface area contributed by atoms with Crippen LogP contribution in [0.1, 0.15) is 16.7 Å². The van der Waals surface area contributed by atoms with Gasteiger partial charge in [0.05, 0.1) is 6.61 Å². The third-order valence-electron chi connectivity index (χ3n) is 5.07. The van der Waals surface area contributed by atoms with E-state index in [1.165, 1.54) is 0 Å². The average molecular weight is 431 g/mol. The molecule has 0 aliphatic heterocycles. The number of hydrogen-bond acceptors (Lipinski definition) is 4. The molecule has 2 N–H and O–H groups in total. The second kappa shape index (κ2) is 10.4. The predicted octanol–water partition coefficient (Wildman–Crippen LogP) is 3.57. The van der Waals surface area contributed by atoms with Crippen LogP contribution in [0.2, 0.25) is 0 Å². The highest BCUT2D eigenvalue weighted by Crippen LogP contribution is 2.24. The number of nitriles is 1. The minimum absolute atomic E-state index is 0.0154. The van der Waals surface area contributed by atoms with Crippen molar-refractivity contribution in [3.05, 3.63) is 70.9 Å². The fourth-order valence-electron chi connectivity index (χ4n) is 3.39. The Hall–Kier alpha value is -3.89. The molecule has 0 bridgehead atoms. The number of aromatic nitrogens is 1. The number of amides is 2. The van der Waals surface area contributed by atoms with Gasteiger partial charge < -0.3 is 19.9 Å². The molecule has 7 heteroatoms. The van der Waals surface area contributed by atoms with Crippen LogP contribution in [-0.2, 0) is 20.9 Å². The topological polar surface area (TPSA) is 96.2 Å². The number of hydrogen-bond donors (Lipinski definition) is 2. The van der Waals surface area contributed by atoms with Gasteiger partial charge in [-0.1, -0.05) is 30.3 Å². The monoisotopic (exact) mass is 430 g/mol. The molecule has 0 unspecified atom stereocenters. The number of carbonyl (C=O) groups excluding carboxylic acids is 2. The van der Waals surface area contributed by atoms with Crippen molar-refractivity contribution in [3.8, 4) is 6.07 Å². The van der Waals surface area contributed by atoms with Gasteiger partial charge in [-0.2, -0.15) is 5.26 Å². The summed E-state index contributed by atoms with van der Waals surface area (Å²) in [5.41, 5.74) is 4.12. The molecule has 2 amide bonds. The van der Waals surface area contributed by atoms with Gasteiger partial charge in [0.1, 0.15) is 18.2 Å². The molecule has 0 aliphatic carbocycles. The van der Waals surface area contributed by atoms with E-state index >= 15 is 0 Å². The zero-order valence-electron chi connectivity index (χ0n) is 18.4. The first kappa shape index (κ1) is 22.8. The van der Waals surface area contributed by atoms with Gasteiger partial charge >= 0.3 is 0 Å². The van der Waals surface area contributed by atoms with Crippen LogP contribution in [0.3, 0.4) is 0 Å². The van der Waals surface area contributed by atoms with Crippen LogP contribution in [0.25, 0.3) is 17.0 Å². The first-order valence-electron chi connectivity index (χ1n) is 10.3. The lowest BCUT2D eigenvalue weighted by molar-refractivity contribution is -0.121. The maximum Gasteiger partial charge on any atom is 0.266 e.